The van der Waals surface area contributed by atoms with Gasteiger partial charge in [-0.15, -0.1) is 0 Å². The van der Waals surface area contributed by atoms with E-state index in [0.29, 0.717) is 30.3 Å². The number of aromatic nitrogens is 1. The Morgan fingerprint density at radius 1 is 1.35 bits per heavy atom. The lowest BCUT2D eigenvalue weighted by Crippen LogP contribution is -2.30. The third-order valence-electron chi connectivity index (χ3n) is 3.91. The van der Waals surface area contributed by atoms with Crippen molar-refractivity contribution in [3.63, 3.8) is 0 Å². The fourth-order valence-corrected chi connectivity index (χ4v) is 3.02. The Bertz CT molecular complexity index is 721. The van der Waals surface area contributed by atoms with Crippen molar-refractivity contribution in [1.82, 2.24) is 9.88 Å². The van der Waals surface area contributed by atoms with Crippen LogP contribution in [0, 0.1) is 0 Å². The van der Waals surface area contributed by atoms with Crippen molar-refractivity contribution in [3.05, 3.63) is 52.3 Å². The Morgan fingerprint density at radius 3 is 2.87 bits per heavy atom. The van der Waals surface area contributed by atoms with E-state index < -0.39 is 0 Å². The van der Waals surface area contributed by atoms with Gasteiger partial charge in [-0.3, -0.25) is 9.78 Å². The Morgan fingerprint density at radius 2 is 2.13 bits per heavy atom. The number of nitrogens with zero attached hydrogens (tertiary/aromatic N) is 2. The van der Waals surface area contributed by atoms with Gasteiger partial charge in [0.1, 0.15) is 13.2 Å². The second-order valence-electron chi connectivity index (χ2n) is 5.36. The number of carbonyl (C=O) groups is 1. The molecule has 0 radical (unpaired) electrons. The van der Waals surface area contributed by atoms with E-state index in [4.69, 9.17) is 9.47 Å². The highest BCUT2D eigenvalue weighted by atomic mass is 79.9. The van der Waals surface area contributed by atoms with E-state index >= 15 is 0 Å². The Balaban J connectivity index is 1.86. The maximum absolute atomic E-state index is 12.8. The van der Waals surface area contributed by atoms with Gasteiger partial charge in [0, 0.05) is 25.0 Å². The normalized spacial score (nSPS) is 14.2. The van der Waals surface area contributed by atoms with Crippen molar-refractivity contribution < 1.29 is 14.3 Å². The number of pyridine rings is 1. The van der Waals surface area contributed by atoms with E-state index in [2.05, 4.69) is 20.9 Å². The molecule has 1 aliphatic heterocycles. The number of benzene rings is 1. The number of fused-ring (bicyclic) bond motifs is 1. The molecular formula is C17H17BrN2O3. The van der Waals surface area contributed by atoms with Gasteiger partial charge < -0.3 is 14.4 Å². The monoisotopic (exact) mass is 376 g/mol. The summed E-state index contributed by atoms with van der Waals surface area (Å²) in [5.41, 5.74) is 1.54. The zero-order valence-corrected chi connectivity index (χ0v) is 14.5. The molecule has 0 saturated carbocycles. The lowest BCUT2D eigenvalue weighted by molar-refractivity contribution is 0.0741. The van der Waals surface area contributed by atoms with Gasteiger partial charge in [0.15, 0.2) is 11.5 Å². The zero-order valence-electron chi connectivity index (χ0n) is 13.0. The van der Waals surface area contributed by atoms with E-state index in [1.165, 1.54) is 0 Å². The molecule has 2 heterocycles. The van der Waals surface area contributed by atoms with Crippen molar-refractivity contribution in [3.8, 4) is 11.5 Å². The summed E-state index contributed by atoms with van der Waals surface area (Å²) in [6.07, 6.45) is 3.49. The Hall–Kier alpha value is -2.08. The first-order chi connectivity index (χ1) is 11.1. The number of amides is 1. The average Bonchev–Trinajstić information content (AvgIpc) is 2.60. The van der Waals surface area contributed by atoms with Crippen molar-refractivity contribution in [2.24, 2.45) is 0 Å². The number of rotatable bonds is 3. The van der Waals surface area contributed by atoms with Gasteiger partial charge in [0.25, 0.3) is 5.91 Å². The molecule has 120 valence electrons. The third-order valence-corrected chi connectivity index (χ3v) is 4.50. The topological polar surface area (TPSA) is 51.7 Å². The van der Waals surface area contributed by atoms with Crippen LogP contribution in [0.2, 0.25) is 0 Å². The summed E-state index contributed by atoms with van der Waals surface area (Å²) in [6, 6.07) is 7.24. The van der Waals surface area contributed by atoms with Crippen LogP contribution >= 0.6 is 15.9 Å². The predicted octanol–water partition coefficient (Wildman–Crippen LogP) is 3.45. The molecule has 5 nitrogen and oxygen atoms in total. The van der Waals surface area contributed by atoms with E-state index in [1.807, 2.05) is 19.1 Å². The fourth-order valence-electron chi connectivity index (χ4n) is 2.46. The molecule has 1 unspecified atom stereocenters. The van der Waals surface area contributed by atoms with Crippen molar-refractivity contribution >= 4 is 21.8 Å². The maximum atomic E-state index is 12.8. The van der Waals surface area contributed by atoms with Crippen LogP contribution in [0.3, 0.4) is 0 Å². The van der Waals surface area contributed by atoms with E-state index in [-0.39, 0.29) is 11.9 Å². The first-order valence-corrected chi connectivity index (χ1v) is 8.13. The molecule has 3 rings (SSSR count). The highest BCUT2D eigenvalue weighted by molar-refractivity contribution is 9.10. The molecule has 1 aliphatic rings. The van der Waals surface area contributed by atoms with Crippen LogP contribution in [0.4, 0.5) is 0 Å². The molecule has 2 aromatic rings. The molecule has 1 atom stereocenters. The smallest absolute Gasteiger partial charge is 0.254 e. The van der Waals surface area contributed by atoms with Gasteiger partial charge in [0.2, 0.25) is 0 Å². The molecule has 0 N–H and O–H groups in total. The summed E-state index contributed by atoms with van der Waals surface area (Å²) >= 11 is 3.45. The van der Waals surface area contributed by atoms with Crippen LogP contribution in [0.15, 0.2) is 41.1 Å². The molecule has 1 aromatic heterocycles. The van der Waals surface area contributed by atoms with Crippen LogP contribution < -0.4 is 9.47 Å². The van der Waals surface area contributed by atoms with Crippen LogP contribution in [-0.2, 0) is 0 Å². The van der Waals surface area contributed by atoms with Crippen LogP contribution in [0.25, 0.3) is 0 Å². The molecule has 0 spiro atoms. The van der Waals surface area contributed by atoms with E-state index in [9.17, 15) is 4.79 Å². The molecule has 1 aromatic carbocycles. The van der Waals surface area contributed by atoms with Crippen LogP contribution in [0.1, 0.15) is 28.9 Å². The first-order valence-electron chi connectivity index (χ1n) is 7.34. The summed E-state index contributed by atoms with van der Waals surface area (Å²) in [6.45, 7) is 2.97. The first kappa shape index (κ1) is 15.8. The number of hydrogen-bond donors (Lipinski definition) is 0. The van der Waals surface area contributed by atoms with Gasteiger partial charge in [-0.05, 0) is 46.6 Å². The predicted molar refractivity (Wildman–Crippen MR) is 89.9 cm³/mol. The van der Waals surface area contributed by atoms with E-state index in [0.717, 1.165) is 10.0 Å². The summed E-state index contributed by atoms with van der Waals surface area (Å²) in [4.78, 5) is 18.6. The molecular weight excluding hydrogens is 360 g/mol. The molecule has 1 amide bonds. The minimum Gasteiger partial charge on any atom is -0.486 e. The summed E-state index contributed by atoms with van der Waals surface area (Å²) in [5, 5.41) is 0. The van der Waals surface area contributed by atoms with Crippen molar-refractivity contribution in [2.45, 2.75) is 13.0 Å². The van der Waals surface area contributed by atoms with Crippen LogP contribution in [0.5, 0.6) is 11.5 Å². The summed E-state index contributed by atoms with van der Waals surface area (Å²) in [5.74, 6) is 1.16. The van der Waals surface area contributed by atoms with Crippen molar-refractivity contribution in [2.75, 3.05) is 20.3 Å². The average molecular weight is 377 g/mol. The van der Waals surface area contributed by atoms with Gasteiger partial charge in [-0.1, -0.05) is 6.07 Å². The molecule has 23 heavy (non-hydrogen) atoms. The number of halogens is 1. The quantitative estimate of drug-likeness (QED) is 0.822. The second-order valence-corrected chi connectivity index (χ2v) is 6.21. The van der Waals surface area contributed by atoms with Gasteiger partial charge >= 0.3 is 0 Å². The zero-order chi connectivity index (χ0) is 16.4. The Labute approximate surface area is 143 Å². The van der Waals surface area contributed by atoms with Crippen LogP contribution in [-0.4, -0.2) is 36.1 Å². The van der Waals surface area contributed by atoms with Gasteiger partial charge in [0.05, 0.1) is 10.5 Å². The van der Waals surface area contributed by atoms with Gasteiger partial charge in [-0.2, -0.15) is 0 Å². The molecule has 0 saturated heterocycles. The number of ether oxygens (including phenoxy) is 2. The molecule has 0 fully saturated rings. The standard InChI is InChI=1S/C17H17BrN2O3/c1-11(12-4-3-5-19-10-12)20(2)17(21)13-8-14(18)16-15(9-13)22-6-7-23-16/h3-5,8-11H,6-7H2,1-2H3. The SMILES string of the molecule is CC(c1cccnc1)N(C)C(=O)c1cc(Br)c2c(c1)OCCO2. The number of hydrogen-bond acceptors (Lipinski definition) is 4. The number of carbonyl (C=O) groups excluding carboxylic acids is 1. The van der Waals surface area contributed by atoms with Gasteiger partial charge in [-0.25, -0.2) is 0 Å². The molecule has 0 aliphatic carbocycles. The maximum Gasteiger partial charge on any atom is 0.254 e. The van der Waals surface area contributed by atoms with E-state index in [1.54, 1.807) is 36.5 Å². The third kappa shape index (κ3) is 3.17. The lowest BCUT2D eigenvalue weighted by Gasteiger charge is -2.26. The Kier molecular flexibility index (Phi) is 4.52. The highest BCUT2D eigenvalue weighted by Gasteiger charge is 2.23. The molecule has 0 bridgehead atoms. The summed E-state index contributed by atoms with van der Waals surface area (Å²) < 4.78 is 11.9. The van der Waals surface area contributed by atoms with Crippen molar-refractivity contribution in [1.29, 1.82) is 0 Å². The lowest BCUT2D eigenvalue weighted by atomic mass is 10.1. The molecule has 6 heteroatoms. The minimum atomic E-state index is -0.0842. The summed E-state index contributed by atoms with van der Waals surface area (Å²) in [7, 11) is 1.78. The fraction of sp³-hybridized carbons (Fsp3) is 0.294. The largest absolute Gasteiger partial charge is 0.486 e. The minimum absolute atomic E-state index is 0.0804. The highest BCUT2D eigenvalue weighted by Crippen LogP contribution is 2.39. The second kappa shape index (κ2) is 6.58.